The van der Waals surface area contributed by atoms with E-state index < -0.39 is 0 Å². The van der Waals surface area contributed by atoms with Gasteiger partial charge in [0.15, 0.2) is 5.65 Å². The average Bonchev–Trinajstić information content (AvgIpc) is 3.50. The number of nitrogens with zero attached hydrogens (tertiary/aromatic N) is 4. The van der Waals surface area contributed by atoms with Crippen molar-refractivity contribution in [3.8, 4) is 5.75 Å². The molecule has 3 aromatic rings. The average molecular weight is 448 g/mol. The smallest absolute Gasteiger partial charge is 0.261 e. The monoisotopic (exact) mass is 447 g/mol. The molecule has 172 valence electrons. The summed E-state index contributed by atoms with van der Waals surface area (Å²) in [6.45, 7) is 7.81. The molecule has 1 N–H and O–H groups in total. The van der Waals surface area contributed by atoms with Crippen molar-refractivity contribution < 1.29 is 14.3 Å². The number of carbonyl (C=O) groups excluding carboxylic acids is 1. The van der Waals surface area contributed by atoms with E-state index in [1.165, 1.54) is 0 Å². The van der Waals surface area contributed by atoms with Gasteiger partial charge in [0, 0.05) is 50.1 Å². The molecular formula is C25H29N5O3. The highest BCUT2D eigenvalue weighted by Crippen LogP contribution is 2.45. The first-order valence-corrected chi connectivity index (χ1v) is 11.7. The minimum absolute atomic E-state index is 0.208. The molecule has 0 saturated carbocycles. The predicted molar refractivity (Wildman–Crippen MR) is 125 cm³/mol. The van der Waals surface area contributed by atoms with Gasteiger partial charge in [-0.3, -0.25) is 4.79 Å². The maximum absolute atomic E-state index is 13.3. The topological polar surface area (TPSA) is 81.0 Å². The fourth-order valence-electron chi connectivity index (χ4n) is 5.44. The zero-order valence-corrected chi connectivity index (χ0v) is 19.1. The van der Waals surface area contributed by atoms with E-state index in [1.807, 2.05) is 0 Å². The molecule has 2 saturated heterocycles. The third-order valence-corrected chi connectivity index (χ3v) is 7.30. The summed E-state index contributed by atoms with van der Waals surface area (Å²) < 4.78 is 13.5. The van der Waals surface area contributed by atoms with Gasteiger partial charge in [-0.25, -0.2) is 9.50 Å². The molecule has 3 aliphatic rings. The van der Waals surface area contributed by atoms with E-state index in [1.54, 1.807) is 29.2 Å². The van der Waals surface area contributed by atoms with Crippen LogP contribution >= 0.6 is 0 Å². The summed E-state index contributed by atoms with van der Waals surface area (Å²) in [5.41, 5.74) is 4.02. The second-order valence-electron chi connectivity index (χ2n) is 10.2. The number of benzene rings is 1. The zero-order chi connectivity index (χ0) is 22.6. The summed E-state index contributed by atoms with van der Waals surface area (Å²) in [5, 5.41) is 7.43. The van der Waals surface area contributed by atoms with Crippen molar-refractivity contribution in [1.29, 1.82) is 0 Å². The lowest BCUT2D eigenvalue weighted by molar-refractivity contribution is 0.102. The van der Waals surface area contributed by atoms with E-state index in [0.29, 0.717) is 16.6 Å². The largest absolute Gasteiger partial charge is 0.487 e. The molecule has 0 unspecified atom stereocenters. The van der Waals surface area contributed by atoms with E-state index in [2.05, 4.69) is 46.3 Å². The number of fused-ring (bicyclic) bond motifs is 2. The molecular weight excluding hydrogens is 418 g/mol. The number of hydrogen-bond acceptors (Lipinski definition) is 6. The Kier molecular flexibility index (Phi) is 4.62. The number of ether oxygens (including phenoxy) is 2. The number of carbonyl (C=O) groups is 1. The van der Waals surface area contributed by atoms with Crippen LogP contribution < -0.4 is 15.0 Å². The van der Waals surface area contributed by atoms with Gasteiger partial charge in [-0.05, 0) is 50.7 Å². The Labute approximate surface area is 192 Å². The fraction of sp³-hybridized carbons (Fsp3) is 0.480. The van der Waals surface area contributed by atoms with E-state index in [4.69, 9.17) is 9.47 Å². The Balaban J connectivity index is 1.32. The summed E-state index contributed by atoms with van der Waals surface area (Å²) in [6.07, 6.45) is 9.18. The molecule has 0 atom stereocenters. The SMILES string of the molecule is CC1(C)Cc2cc(NC(=O)c3cnn4cccnc34)c(N3CCC4(CCOC4)CC3)cc2O1. The van der Waals surface area contributed by atoms with Crippen molar-refractivity contribution in [3.63, 3.8) is 0 Å². The Hall–Kier alpha value is -3.13. The van der Waals surface area contributed by atoms with Crippen molar-refractivity contribution >= 4 is 22.9 Å². The number of hydrogen-bond donors (Lipinski definition) is 1. The van der Waals surface area contributed by atoms with Crippen LogP contribution in [-0.4, -0.2) is 52.4 Å². The van der Waals surface area contributed by atoms with Gasteiger partial charge in [0.2, 0.25) is 0 Å². The van der Waals surface area contributed by atoms with E-state index in [0.717, 1.165) is 74.7 Å². The Morgan fingerprint density at radius 1 is 1.18 bits per heavy atom. The molecule has 0 radical (unpaired) electrons. The van der Waals surface area contributed by atoms with Crippen LogP contribution in [-0.2, 0) is 11.2 Å². The fourth-order valence-corrected chi connectivity index (χ4v) is 5.44. The lowest BCUT2D eigenvalue weighted by Crippen LogP contribution is -2.40. The summed E-state index contributed by atoms with van der Waals surface area (Å²) in [6, 6.07) is 5.98. The summed E-state index contributed by atoms with van der Waals surface area (Å²) >= 11 is 0. The number of amides is 1. The zero-order valence-electron chi connectivity index (χ0n) is 19.1. The molecule has 8 heteroatoms. The lowest BCUT2D eigenvalue weighted by atomic mass is 9.78. The molecule has 5 heterocycles. The normalized spacial score (nSPS) is 20.7. The van der Waals surface area contributed by atoms with Crippen LogP contribution in [0.15, 0.2) is 36.8 Å². The van der Waals surface area contributed by atoms with Gasteiger partial charge in [0.25, 0.3) is 5.91 Å². The van der Waals surface area contributed by atoms with Crippen molar-refractivity contribution in [2.24, 2.45) is 5.41 Å². The molecule has 1 spiro atoms. The van der Waals surface area contributed by atoms with Crippen LogP contribution in [0.25, 0.3) is 5.65 Å². The molecule has 0 aliphatic carbocycles. The van der Waals surface area contributed by atoms with E-state index in [9.17, 15) is 4.79 Å². The van der Waals surface area contributed by atoms with E-state index in [-0.39, 0.29) is 11.5 Å². The Morgan fingerprint density at radius 2 is 2.03 bits per heavy atom. The van der Waals surface area contributed by atoms with Crippen LogP contribution in [0, 0.1) is 5.41 Å². The van der Waals surface area contributed by atoms with Gasteiger partial charge >= 0.3 is 0 Å². The highest BCUT2D eigenvalue weighted by atomic mass is 16.5. The van der Waals surface area contributed by atoms with Crippen molar-refractivity contribution in [1.82, 2.24) is 14.6 Å². The van der Waals surface area contributed by atoms with Gasteiger partial charge in [-0.15, -0.1) is 0 Å². The number of nitrogens with one attached hydrogen (secondary N) is 1. The van der Waals surface area contributed by atoms with Gasteiger partial charge in [0.1, 0.15) is 16.9 Å². The van der Waals surface area contributed by atoms with Crippen LogP contribution in [0.2, 0.25) is 0 Å². The molecule has 3 aliphatic heterocycles. The minimum Gasteiger partial charge on any atom is -0.487 e. The Morgan fingerprint density at radius 3 is 2.82 bits per heavy atom. The van der Waals surface area contributed by atoms with Crippen molar-refractivity contribution in [2.75, 3.05) is 36.5 Å². The molecule has 33 heavy (non-hydrogen) atoms. The summed E-state index contributed by atoms with van der Waals surface area (Å²) in [7, 11) is 0. The van der Waals surface area contributed by atoms with Gasteiger partial charge in [0.05, 0.1) is 24.2 Å². The second kappa shape index (κ2) is 7.45. The number of anilines is 2. The quantitative estimate of drug-likeness (QED) is 0.659. The number of rotatable bonds is 3. The van der Waals surface area contributed by atoms with Crippen LogP contribution in [0.1, 0.15) is 49.0 Å². The molecule has 0 bridgehead atoms. The van der Waals surface area contributed by atoms with Crippen LogP contribution in [0.3, 0.4) is 0 Å². The molecule has 2 aromatic heterocycles. The van der Waals surface area contributed by atoms with Gasteiger partial charge in [-0.1, -0.05) is 0 Å². The first-order valence-electron chi connectivity index (χ1n) is 11.7. The highest BCUT2D eigenvalue weighted by molar-refractivity contribution is 6.09. The third kappa shape index (κ3) is 3.62. The molecule has 2 fully saturated rings. The number of aromatic nitrogens is 3. The second-order valence-corrected chi connectivity index (χ2v) is 10.2. The first kappa shape index (κ1) is 20.5. The van der Waals surface area contributed by atoms with Gasteiger partial charge in [-0.2, -0.15) is 5.10 Å². The molecule has 8 nitrogen and oxygen atoms in total. The summed E-state index contributed by atoms with van der Waals surface area (Å²) in [4.78, 5) is 20.0. The molecule has 1 amide bonds. The van der Waals surface area contributed by atoms with Crippen LogP contribution in [0.5, 0.6) is 5.75 Å². The van der Waals surface area contributed by atoms with Crippen molar-refractivity contribution in [3.05, 3.63) is 47.9 Å². The lowest BCUT2D eigenvalue weighted by Gasteiger charge is -2.40. The maximum Gasteiger partial charge on any atom is 0.261 e. The summed E-state index contributed by atoms with van der Waals surface area (Å²) in [5.74, 6) is 0.705. The van der Waals surface area contributed by atoms with Gasteiger partial charge < -0.3 is 19.7 Å². The van der Waals surface area contributed by atoms with Crippen LogP contribution in [0.4, 0.5) is 11.4 Å². The maximum atomic E-state index is 13.3. The standard InChI is InChI=1S/C25H29N5O3/c1-24(2)14-17-12-19(28-23(31)18-15-27-30-8-3-7-26-22(18)30)20(13-21(17)33-24)29-9-4-25(5-10-29)6-11-32-16-25/h3,7-8,12-13,15H,4-6,9-11,14,16H2,1-2H3,(H,28,31). The molecule has 1 aromatic carbocycles. The Bertz CT molecular complexity index is 1220. The number of piperidine rings is 1. The van der Waals surface area contributed by atoms with Crippen molar-refractivity contribution in [2.45, 2.75) is 45.1 Å². The molecule has 6 rings (SSSR count). The third-order valence-electron chi connectivity index (χ3n) is 7.30. The first-order chi connectivity index (χ1) is 15.9. The van der Waals surface area contributed by atoms with E-state index >= 15 is 0 Å². The highest BCUT2D eigenvalue weighted by Gasteiger charge is 2.39. The minimum atomic E-state index is -0.248. The predicted octanol–water partition coefficient (Wildman–Crippen LogP) is 3.70.